The number of rotatable bonds is 2. The van der Waals surface area contributed by atoms with E-state index in [-0.39, 0.29) is 11.6 Å². The molecule has 1 aromatic heterocycles. The third-order valence-electron chi connectivity index (χ3n) is 3.45. The van der Waals surface area contributed by atoms with Gasteiger partial charge in [-0.1, -0.05) is 6.07 Å². The molecule has 0 aliphatic rings. The second-order valence-electron chi connectivity index (χ2n) is 5.07. The van der Waals surface area contributed by atoms with Crippen molar-refractivity contribution in [3.63, 3.8) is 0 Å². The van der Waals surface area contributed by atoms with Crippen LogP contribution in [0.25, 0.3) is 22.5 Å². The highest BCUT2D eigenvalue weighted by molar-refractivity contribution is 5.72. The van der Waals surface area contributed by atoms with Crippen molar-refractivity contribution < 1.29 is 9.50 Å². The van der Waals surface area contributed by atoms with Gasteiger partial charge in [-0.05, 0) is 60.5 Å². The topological polar surface area (TPSA) is 38.0 Å². The number of aryl methyl sites for hydroxylation is 2. The molecule has 0 saturated carbocycles. The average molecular weight is 282 g/mol. The summed E-state index contributed by atoms with van der Waals surface area (Å²) in [5.74, 6) is -0.0592. The molecule has 0 fully saturated rings. The molecule has 3 rings (SSSR count). The molecule has 106 valence electrons. The van der Waals surface area contributed by atoms with Gasteiger partial charge >= 0.3 is 0 Å². The Labute approximate surface area is 122 Å². The zero-order valence-corrected chi connectivity index (χ0v) is 11.8. The maximum absolute atomic E-state index is 13.0. The molecule has 1 N–H and O–H groups in total. The number of aromatic nitrogens is 2. The van der Waals surface area contributed by atoms with Crippen LogP contribution in [0.4, 0.5) is 4.39 Å². The highest BCUT2D eigenvalue weighted by Gasteiger charge is 2.12. The first-order valence-corrected chi connectivity index (χ1v) is 6.64. The molecule has 0 aliphatic heterocycles. The Morgan fingerprint density at radius 3 is 2.43 bits per heavy atom. The van der Waals surface area contributed by atoms with Crippen LogP contribution in [0.15, 0.2) is 48.5 Å². The van der Waals surface area contributed by atoms with Gasteiger partial charge in [-0.2, -0.15) is 5.10 Å². The van der Waals surface area contributed by atoms with Gasteiger partial charge in [-0.3, -0.25) is 4.68 Å². The molecule has 0 aliphatic carbocycles. The third kappa shape index (κ3) is 2.52. The van der Waals surface area contributed by atoms with Crippen molar-refractivity contribution in [1.82, 2.24) is 9.78 Å². The first kappa shape index (κ1) is 13.4. The summed E-state index contributed by atoms with van der Waals surface area (Å²) in [5.41, 5.74) is 4.11. The molecule has 2 aromatic carbocycles. The van der Waals surface area contributed by atoms with Gasteiger partial charge in [-0.25, -0.2) is 4.39 Å². The van der Waals surface area contributed by atoms with Crippen LogP contribution in [-0.4, -0.2) is 14.9 Å². The lowest BCUT2D eigenvalue weighted by Crippen LogP contribution is -1.93. The molecular weight excluding hydrogens is 267 g/mol. The van der Waals surface area contributed by atoms with Gasteiger partial charge < -0.3 is 5.11 Å². The largest absolute Gasteiger partial charge is 0.507 e. The highest BCUT2D eigenvalue weighted by Crippen LogP contribution is 2.31. The van der Waals surface area contributed by atoms with E-state index >= 15 is 0 Å². The Balaban J connectivity index is 2.07. The van der Waals surface area contributed by atoms with Crippen LogP contribution in [0.5, 0.6) is 5.75 Å². The fourth-order valence-corrected chi connectivity index (χ4v) is 2.35. The molecule has 0 bridgehead atoms. The normalized spacial score (nSPS) is 10.8. The predicted molar refractivity (Wildman–Crippen MR) is 80.4 cm³/mol. The number of nitrogens with zero attached hydrogens (tertiary/aromatic N) is 2. The summed E-state index contributed by atoms with van der Waals surface area (Å²) in [6.45, 7) is 1.92. The van der Waals surface area contributed by atoms with E-state index in [0.29, 0.717) is 11.3 Å². The fourth-order valence-electron chi connectivity index (χ4n) is 2.35. The molecule has 0 saturated heterocycles. The van der Waals surface area contributed by atoms with Gasteiger partial charge in [0, 0.05) is 12.6 Å². The smallest absolute Gasteiger partial charge is 0.125 e. The second-order valence-corrected chi connectivity index (χ2v) is 5.07. The lowest BCUT2D eigenvalue weighted by Gasteiger charge is -2.01. The average Bonchev–Trinajstić information content (AvgIpc) is 2.81. The number of phenolic OH excluding ortho intramolecular Hbond substituents is 1. The van der Waals surface area contributed by atoms with E-state index in [0.717, 1.165) is 16.8 Å². The Kier molecular flexibility index (Phi) is 3.22. The van der Waals surface area contributed by atoms with E-state index in [1.54, 1.807) is 22.9 Å². The molecule has 0 unspecified atom stereocenters. The van der Waals surface area contributed by atoms with Crippen molar-refractivity contribution in [2.45, 2.75) is 6.92 Å². The van der Waals surface area contributed by atoms with Gasteiger partial charge in [0.1, 0.15) is 11.6 Å². The van der Waals surface area contributed by atoms with Crippen LogP contribution in [0, 0.1) is 12.7 Å². The molecule has 1 heterocycles. The summed E-state index contributed by atoms with van der Waals surface area (Å²) in [6, 6.07) is 13.6. The maximum Gasteiger partial charge on any atom is 0.125 e. The summed E-state index contributed by atoms with van der Waals surface area (Å²) >= 11 is 0. The Morgan fingerprint density at radius 2 is 1.76 bits per heavy atom. The Hall–Kier alpha value is -2.62. The van der Waals surface area contributed by atoms with Gasteiger partial charge in [0.25, 0.3) is 0 Å². The van der Waals surface area contributed by atoms with E-state index in [1.165, 1.54) is 12.1 Å². The van der Waals surface area contributed by atoms with E-state index in [1.807, 2.05) is 32.2 Å². The molecule has 0 atom stereocenters. The minimum atomic E-state index is -0.266. The number of hydrogen-bond donors (Lipinski definition) is 1. The van der Waals surface area contributed by atoms with E-state index in [2.05, 4.69) is 5.10 Å². The number of hydrogen-bond acceptors (Lipinski definition) is 2. The number of benzene rings is 2. The minimum Gasteiger partial charge on any atom is -0.507 e. The molecule has 3 nitrogen and oxygen atoms in total. The standard InChI is InChI=1S/C17H15FN2O/c1-11-3-8-14(17(21)9-11)15-10-16(20(2)19-15)12-4-6-13(18)7-5-12/h3-10,21H,1-2H3. The SMILES string of the molecule is Cc1ccc(-c2cc(-c3ccc(F)cc3)n(C)n2)c(O)c1. The zero-order valence-electron chi connectivity index (χ0n) is 11.8. The van der Waals surface area contributed by atoms with Crippen molar-refractivity contribution in [2.75, 3.05) is 0 Å². The van der Waals surface area contributed by atoms with Crippen molar-refractivity contribution >= 4 is 0 Å². The van der Waals surface area contributed by atoms with Gasteiger partial charge in [0.15, 0.2) is 0 Å². The van der Waals surface area contributed by atoms with Crippen LogP contribution in [0.1, 0.15) is 5.56 Å². The van der Waals surface area contributed by atoms with Crippen LogP contribution in [0.2, 0.25) is 0 Å². The predicted octanol–water partition coefficient (Wildman–Crippen LogP) is 3.91. The number of phenols is 1. The molecule has 21 heavy (non-hydrogen) atoms. The van der Waals surface area contributed by atoms with Crippen molar-refractivity contribution in [1.29, 1.82) is 0 Å². The van der Waals surface area contributed by atoms with Gasteiger partial charge in [-0.15, -0.1) is 0 Å². The van der Waals surface area contributed by atoms with Gasteiger partial charge in [0.05, 0.1) is 11.4 Å². The molecule has 0 spiro atoms. The summed E-state index contributed by atoms with van der Waals surface area (Å²) in [7, 11) is 1.83. The fraction of sp³-hybridized carbons (Fsp3) is 0.118. The van der Waals surface area contributed by atoms with E-state index in [9.17, 15) is 9.50 Å². The molecule has 0 amide bonds. The minimum absolute atomic E-state index is 0.207. The summed E-state index contributed by atoms with van der Waals surface area (Å²) in [6.07, 6.45) is 0. The number of halogens is 1. The summed E-state index contributed by atoms with van der Waals surface area (Å²) in [5, 5.41) is 14.5. The quantitative estimate of drug-likeness (QED) is 0.774. The molecular formula is C17H15FN2O. The monoisotopic (exact) mass is 282 g/mol. The van der Waals surface area contributed by atoms with E-state index in [4.69, 9.17) is 0 Å². The van der Waals surface area contributed by atoms with Crippen LogP contribution in [0.3, 0.4) is 0 Å². The lowest BCUT2D eigenvalue weighted by atomic mass is 10.1. The van der Waals surface area contributed by atoms with Crippen molar-refractivity contribution in [2.24, 2.45) is 7.05 Å². The number of aromatic hydroxyl groups is 1. The van der Waals surface area contributed by atoms with Crippen molar-refractivity contribution in [3.8, 4) is 28.3 Å². The molecule has 4 heteroatoms. The van der Waals surface area contributed by atoms with Gasteiger partial charge in [0.2, 0.25) is 0 Å². The van der Waals surface area contributed by atoms with Crippen molar-refractivity contribution in [3.05, 3.63) is 59.9 Å². The zero-order chi connectivity index (χ0) is 15.0. The lowest BCUT2D eigenvalue weighted by molar-refractivity contribution is 0.476. The highest BCUT2D eigenvalue weighted by atomic mass is 19.1. The maximum atomic E-state index is 13.0. The molecule has 3 aromatic rings. The Morgan fingerprint density at radius 1 is 1.05 bits per heavy atom. The van der Waals surface area contributed by atoms with Crippen LogP contribution in [-0.2, 0) is 7.05 Å². The van der Waals surface area contributed by atoms with Crippen LogP contribution >= 0.6 is 0 Å². The van der Waals surface area contributed by atoms with Crippen LogP contribution < -0.4 is 0 Å². The summed E-state index contributed by atoms with van der Waals surface area (Å²) < 4.78 is 14.7. The second kappa shape index (κ2) is 5.05. The first-order valence-electron chi connectivity index (χ1n) is 6.64. The first-order chi connectivity index (χ1) is 10.0. The Bertz CT molecular complexity index is 791. The summed E-state index contributed by atoms with van der Waals surface area (Å²) in [4.78, 5) is 0. The third-order valence-corrected chi connectivity index (χ3v) is 3.45. The molecule has 0 radical (unpaired) electrons. The van der Waals surface area contributed by atoms with E-state index < -0.39 is 0 Å².